The third-order valence-electron chi connectivity index (χ3n) is 15.4. The fraction of sp³-hybridized carbons (Fsp3) is 0.878. The lowest BCUT2D eigenvalue weighted by molar-refractivity contribution is 0.154. The highest BCUT2D eigenvalue weighted by molar-refractivity contribution is 4.93. The van der Waals surface area contributed by atoms with Crippen LogP contribution in [-0.2, 0) is 0 Å². The predicted octanol–water partition coefficient (Wildman–Crippen LogP) is 16.0. The third-order valence-corrected chi connectivity index (χ3v) is 15.4. The van der Waals surface area contributed by atoms with Crippen molar-refractivity contribution in [3.8, 4) is 0 Å². The van der Waals surface area contributed by atoms with Gasteiger partial charge in [0, 0.05) is 0 Å². The monoisotopic (exact) mass is 675 g/mol. The van der Waals surface area contributed by atoms with Crippen molar-refractivity contribution in [3.63, 3.8) is 0 Å². The molecule has 0 aromatic carbocycles. The lowest BCUT2D eigenvalue weighted by Gasteiger charge is -2.37. The molecule has 0 amide bonds. The molecule has 0 aromatic heterocycles. The van der Waals surface area contributed by atoms with E-state index in [1.54, 1.807) is 0 Å². The molecule has 6 aliphatic carbocycles. The van der Waals surface area contributed by atoms with Crippen LogP contribution in [0.1, 0.15) is 202 Å². The zero-order valence-electron chi connectivity index (χ0n) is 34.1. The van der Waals surface area contributed by atoms with Crippen LogP contribution >= 0.6 is 0 Å². The third kappa shape index (κ3) is 14.3. The van der Waals surface area contributed by atoms with Crippen LogP contribution in [0.2, 0.25) is 0 Å². The van der Waals surface area contributed by atoms with E-state index in [2.05, 4.69) is 78.0 Å². The van der Waals surface area contributed by atoms with Crippen molar-refractivity contribution in [1.29, 1.82) is 0 Å². The molecule has 0 aliphatic heterocycles. The molecule has 0 aromatic rings. The summed E-state index contributed by atoms with van der Waals surface area (Å²) in [6, 6.07) is 0. The van der Waals surface area contributed by atoms with Gasteiger partial charge in [-0.2, -0.15) is 0 Å². The van der Waals surface area contributed by atoms with E-state index < -0.39 is 0 Å². The molecule has 6 aliphatic rings. The van der Waals surface area contributed by atoms with Gasteiger partial charge >= 0.3 is 0 Å². The fourth-order valence-corrected chi connectivity index (χ4v) is 11.8. The Kier molecular flexibility index (Phi) is 19.2. The summed E-state index contributed by atoms with van der Waals surface area (Å²) < 4.78 is 0. The number of hydrogen-bond donors (Lipinski definition) is 0. The first-order valence-corrected chi connectivity index (χ1v) is 22.8. The van der Waals surface area contributed by atoms with Crippen molar-refractivity contribution < 1.29 is 0 Å². The summed E-state index contributed by atoms with van der Waals surface area (Å²) in [6.45, 7) is 13.7. The first kappa shape index (κ1) is 41.0. The molecule has 282 valence electrons. The summed E-state index contributed by atoms with van der Waals surface area (Å²) in [6.07, 6.45) is 51.5. The maximum Gasteiger partial charge on any atom is -0.0233 e. The fourth-order valence-electron chi connectivity index (χ4n) is 11.8. The molecule has 0 spiro atoms. The van der Waals surface area contributed by atoms with Crippen LogP contribution in [0.5, 0.6) is 0 Å². The first-order chi connectivity index (χ1) is 23.9. The Labute approximate surface area is 308 Å². The number of hydrogen-bond acceptors (Lipinski definition) is 0. The molecule has 0 atom stereocenters. The van der Waals surface area contributed by atoms with Gasteiger partial charge in [-0.3, -0.25) is 0 Å². The van der Waals surface area contributed by atoms with Crippen molar-refractivity contribution in [2.24, 2.45) is 71.0 Å². The summed E-state index contributed by atoms with van der Waals surface area (Å²) >= 11 is 0. The average molecular weight is 675 g/mol. The van der Waals surface area contributed by atoms with Gasteiger partial charge in [-0.25, -0.2) is 0 Å². The lowest BCUT2D eigenvalue weighted by Crippen LogP contribution is -2.25. The van der Waals surface area contributed by atoms with Crippen LogP contribution in [0.3, 0.4) is 0 Å². The molecule has 6 fully saturated rings. The molecule has 0 nitrogen and oxygen atoms in total. The Hall–Kier alpha value is -0.780. The second kappa shape index (κ2) is 23.0. The van der Waals surface area contributed by atoms with Crippen molar-refractivity contribution in [2.45, 2.75) is 202 Å². The largest absolute Gasteiger partial charge is 0.0914 e. The lowest BCUT2D eigenvalue weighted by atomic mass is 9.69. The standard InChI is InChI=1S/C17H30.2C16H28/c1-3-5-15-8-12-17(13-9-15)16-10-6-14(4-2)7-11-16;2*1-3-4-14-7-11-16(12-8-14)15-9-5-13(2)6-10-15/h3,5,14-17H,4,6-13H2,1-2H3;2*3-4,13-16H,5-12H2,1-2H3/b5-3+;2*4-3+. The van der Waals surface area contributed by atoms with Gasteiger partial charge in [-0.1, -0.05) is 102 Å². The van der Waals surface area contributed by atoms with Gasteiger partial charge in [0.15, 0.2) is 0 Å². The van der Waals surface area contributed by atoms with E-state index in [1.165, 1.54) is 161 Å². The van der Waals surface area contributed by atoms with E-state index in [4.69, 9.17) is 0 Å². The summed E-state index contributed by atoms with van der Waals surface area (Å²) in [5, 5.41) is 0. The molecule has 0 heteroatoms. The Morgan fingerprint density at radius 3 is 0.776 bits per heavy atom. The van der Waals surface area contributed by atoms with Gasteiger partial charge in [0.25, 0.3) is 0 Å². The summed E-state index contributed by atoms with van der Waals surface area (Å²) in [7, 11) is 0. The van der Waals surface area contributed by atoms with Gasteiger partial charge in [0.05, 0.1) is 0 Å². The van der Waals surface area contributed by atoms with E-state index in [0.717, 1.165) is 71.0 Å². The number of rotatable bonds is 7. The highest BCUT2D eigenvalue weighted by Crippen LogP contribution is 2.44. The molecule has 0 radical (unpaired) electrons. The molecule has 0 saturated heterocycles. The molecule has 49 heavy (non-hydrogen) atoms. The quantitative estimate of drug-likeness (QED) is 0.236. The van der Waals surface area contributed by atoms with E-state index in [-0.39, 0.29) is 0 Å². The molecule has 0 heterocycles. The van der Waals surface area contributed by atoms with Gasteiger partial charge < -0.3 is 0 Å². The second-order valence-electron chi connectivity index (χ2n) is 18.8. The van der Waals surface area contributed by atoms with E-state index in [1.807, 2.05) is 0 Å². The highest BCUT2D eigenvalue weighted by Gasteiger charge is 2.31. The molecule has 6 rings (SSSR count). The summed E-state index contributed by atoms with van der Waals surface area (Å²) in [5.41, 5.74) is 0. The molecule has 0 unspecified atom stereocenters. The topological polar surface area (TPSA) is 0 Å². The second-order valence-corrected chi connectivity index (χ2v) is 18.8. The maximum atomic E-state index is 2.43. The van der Waals surface area contributed by atoms with Crippen molar-refractivity contribution >= 4 is 0 Å². The van der Waals surface area contributed by atoms with Crippen LogP contribution in [0.4, 0.5) is 0 Å². The molecular formula is C49H86. The van der Waals surface area contributed by atoms with Crippen LogP contribution in [0, 0.1) is 71.0 Å². The van der Waals surface area contributed by atoms with Crippen molar-refractivity contribution in [2.75, 3.05) is 0 Å². The summed E-state index contributed by atoms with van der Waals surface area (Å²) in [5.74, 6) is 12.3. The smallest absolute Gasteiger partial charge is 0.0233 e. The Morgan fingerprint density at radius 2 is 0.551 bits per heavy atom. The minimum Gasteiger partial charge on any atom is -0.0914 e. The van der Waals surface area contributed by atoms with Crippen molar-refractivity contribution in [1.82, 2.24) is 0 Å². The Morgan fingerprint density at radius 1 is 0.327 bits per heavy atom. The van der Waals surface area contributed by atoms with Gasteiger partial charge in [0.2, 0.25) is 0 Å². The molecule has 0 N–H and O–H groups in total. The molecule has 0 bridgehead atoms. The van der Waals surface area contributed by atoms with E-state index >= 15 is 0 Å². The highest BCUT2D eigenvalue weighted by atomic mass is 14.4. The minimum atomic E-state index is 0.906. The number of allylic oxidation sites excluding steroid dienone is 6. The zero-order valence-corrected chi connectivity index (χ0v) is 34.1. The van der Waals surface area contributed by atoms with Crippen LogP contribution in [0.15, 0.2) is 36.5 Å². The van der Waals surface area contributed by atoms with E-state index in [9.17, 15) is 0 Å². The van der Waals surface area contributed by atoms with Gasteiger partial charge in [-0.15, -0.1) is 0 Å². The summed E-state index contributed by atoms with van der Waals surface area (Å²) in [4.78, 5) is 0. The Balaban J connectivity index is 0.000000166. The predicted molar refractivity (Wildman–Crippen MR) is 219 cm³/mol. The average Bonchev–Trinajstić information content (AvgIpc) is 3.14. The molecule has 6 saturated carbocycles. The van der Waals surface area contributed by atoms with Crippen LogP contribution in [-0.4, -0.2) is 0 Å². The SMILES string of the molecule is C/C=C/C1CCC(C2CCC(C)CC2)CC1.C/C=C/C1CCC(C2CCC(C)CC2)CC1.C/C=C/C1CCC(C2CCC(CC)CC2)CC1. The van der Waals surface area contributed by atoms with Crippen LogP contribution in [0.25, 0.3) is 0 Å². The van der Waals surface area contributed by atoms with Gasteiger partial charge in [-0.05, 0) is 207 Å². The molecular weight excluding hydrogens is 589 g/mol. The minimum absolute atomic E-state index is 0.906. The first-order valence-electron chi connectivity index (χ1n) is 22.8. The zero-order chi connectivity index (χ0) is 34.8. The maximum absolute atomic E-state index is 2.43. The Bertz CT molecular complexity index is 840. The normalized spacial score (nSPS) is 40.8. The van der Waals surface area contributed by atoms with Crippen LogP contribution < -0.4 is 0 Å². The van der Waals surface area contributed by atoms with E-state index in [0.29, 0.717) is 0 Å². The van der Waals surface area contributed by atoms with Gasteiger partial charge in [0.1, 0.15) is 0 Å². The van der Waals surface area contributed by atoms with Crippen molar-refractivity contribution in [3.05, 3.63) is 36.5 Å².